The van der Waals surface area contributed by atoms with E-state index in [1.54, 1.807) is 20.8 Å². The molecule has 1 N–H and O–H groups in total. The summed E-state index contributed by atoms with van der Waals surface area (Å²) < 4.78 is 48.6. The largest absolute Gasteiger partial charge is 0.444 e. The minimum Gasteiger partial charge on any atom is -0.444 e. The third-order valence-electron chi connectivity index (χ3n) is 4.40. The van der Waals surface area contributed by atoms with E-state index in [4.69, 9.17) is 21.1 Å². The molecule has 1 aromatic carbocycles. The van der Waals surface area contributed by atoms with Crippen molar-refractivity contribution in [3.63, 3.8) is 0 Å². The van der Waals surface area contributed by atoms with Crippen molar-refractivity contribution < 1.29 is 32.2 Å². The first-order valence-corrected chi connectivity index (χ1v) is 11.6. The second-order valence-corrected chi connectivity index (χ2v) is 11.0. The van der Waals surface area contributed by atoms with E-state index in [1.165, 1.54) is 17.0 Å². The Morgan fingerprint density at radius 1 is 1.45 bits per heavy atom. The monoisotopic (exact) mass is 451 g/mol. The highest BCUT2D eigenvalue weighted by Crippen LogP contribution is 2.37. The Hall–Kier alpha value is -1.42. The first kappa shape index (κ1) is 23.9. The fourth-order valence-corrected chi connectivity index (χ4v) is 3.91. The summed E-state index contributed by atoms with van der Waals surface area (Å²) in [4.78, 5) is 13.8. The zero-order valence-corrected chi connectivity index (χ0v) is 18.5. The minimum absolute atomic E-state index is 0.0509. The molecular formula is C19H27ClFNO6S. The lowest BCUT2D eigenvalue weighted by Gasteiger charge is -2.37. The van der Waals surface area contributed by atoms with Gasteiger partial charge in [-0.25, -0.2) is 17.6 Å². The maximum absolute atomic E-state index is 14.0. The minimum atomic E-state index is -3.41. The van der Waals surface area contributed by atoms with Gasteiger partial charge in [0.15, 0.2) is 0 Å². The molecule has 1 aliphatic heterocycles. The van der Waals surface area contributed by atoms with Gasteiger partial charge in [-0.15, -0.1) is 0 Å². The van der Waals surface area contributed by atoms with Crippen molar-refractivity contribution in [1.82, 2.24) is 4.90 Å². The van der Waals surface area contributed by atoms with Crippen molar-refractivity contribution >= 4 is 27.5 Å². The van der Waals surface area contributed by atoms with E-state index in [-0.39, 0.29) is 36.9 Å². The van der Waals surface area contributed by atoms with Crippen molar-refractivity contribution in [2.45, 2.75) is 44.5 Å². The van der Waals surface area contributed by atoms with Gasteiger partial charge in [0.25, 0.3) is 0 Å². The van der Waals surface area contributed by atoms with Crippen LogP contribution in [0.4, 0.5) is 9.18 Å². The van der Waals surface area contributed by atoms with Crippen LogP contribution in [0.5, 0.6) is 0 Å². The highest BCUT2D eigenvalue weighted by atomic mass is 35.5. The topological polar surface area (TPSA) is 93.1 Å². The maximum atomic E-state index is 14.0. The normalized spacial score (nSPS) is 23.6. The molecule has 1 aromatic rings. The number of benzene rings is 1. The molecule has 1 aliphatic rings. The number of aliphatic hydroxyl groups is 1. The van der Waals surface area contributed by atoms with Gasteiger partial charge in [-0.1, -0.05) is 17.7 Å². The second-order valence-electron chi connectivity index (χ2n) is 8.31. The standard InChI is InChI=1S/C19H27ClFNO6S/c1-18(2,3)28-17(23)22-8-9-27-16(13-5-6-14(20)15(21)11-13)19(24,12-22)7-10-29(4,25)26/h5-6,11,16,24H,7-10,12H2,1-4H3. The van der Waals surface area contributed by atoms with E-state index < -0.39 is 39.1 Å². The summed E-state index contributed by atoms with van der Waals surface area (Å²) in [6.07, 6.45) is -0.860. The zero-order chi connectivity index (χ0) is 22.0. The van der Waals surface area contributed by atoms with E-state index in [1.807, 2.05) is 0 Å². The first-order chi connectivity index (χ1) is 13.2. The van der Waals surface area contributed by atoms with Crippen LogP contribution >= 0.6 is 11.6 Å². The fourth-order valence-electron chi connectivity index (χ4n) is 3.06. The molecule has 0 spiro atoms. The number of ether oxygens (including phenoxy) is 2. The molecule has 1 fully saturated rings. The zero-order valence-electron chi connectivity index (χ0n) is 16.9. The number of halogens is 2. The smallest absolute Gasteiger partial charge is 0.410 e. The van der Waals surface area contributed by atoms with E-state index in [0.717, 1.165) is 12.3 Å². The van der Waals surface area contributed by atoms with Crippen LogP contribution in [0, 0.1) is 5.82 Å². The number of amides is 1. The van der Waals surface area contributed by atoms with Crippen molar-refractivity contribution in [1.29, 1.82) is 0 Å². The summed E-state index contributed by atoms with van der Waals surface area (Å²) in [5, 5.41) is 11.3. The Kier molecular flexibility index (Phi) is 7.20. The van der Waals surface area contributed by atoms with Crippen LogP contribution < -0.4 is 0 Å². The van der Waals surface area contributed by atoms with Crippen molar-refractivity contribution in [3.05, 3.63) is 34.6 Å². The summed E-state index contributed by atoms with van der Waals surface area (Å²) in [5.74, 6) is -1.02. The van der Waals surface area contributed by atoms with Gasteiger partial charge in [0.05, 0.1) is 23.9 Å². The van der Waals surface area contributed by atoms with E-state index in [9.17, 15) is 22.7 Å². The molecule has 0 aliphatic carbocycles. The molecule has 2 rings (SSSR count). The summed E-state index contributed by atoms with van der Waals surface area (Å²) in [6.45, 7) is 5.10. The molecule has 0 radical (unpaired) electrons. The first-order valence-electron chi connectivity index (χ1n) is 9.15. The van der Waals surface area contributed by atoms with Gasteiger partial charge in [0, 0.05) is 12.8 Å². The molecule has 2 atom stereocenters. The van der Waals surface area contributed by atoms with Crippen molar-refractivity contribution in [2.75, 3.05) is 31.7 Å². The predicted octanol–water partition coefficient (Wildman–Crippen LogP) is 2.95. The molecule has 1 saturated heterocycles. The number of hydrogen-bond donors (Lipinski definition) is 1. The van der Waals surface area contributed by atoms with Crippen LogP contribution in [0.15, 0.2) is 18.2 Å². The predicted molar refractivity (Wildman–Crippen MR) is 107 cm³/mol. The van der Waals surface area contributed by atoms with Gasteiger partial charge in [-0.05, 0) is 44.9 Å². The van der Waals surface area contributed by atoms with Crippen LogP contribution in [0.1, 0.15) is 38.9 Å². The highest BCUT2D eigenvalue weighted by molar-refractivity contribution is 7.90. The number of hydrogen-bond acceptors (Lipinski definition) is 6. The summed E-state index contributed by atoms with van der Waals surface area (Å²) >= 11 is 5.74. The SMILES string of the molecule is CC(C)(C)OC(=O)N1CCOC(c2ccc(Cl)c(F)c2)C(O)(CCS(C)(=O)=O)C1. The Bertz CT molecular complexity index is 857. The third kappa shape index (κ3) is 6.80. The quantitative estimate of drug-likeness (QED) is 0.756. The Labute approximate surface area is 175 Å². The Morgan fingerprint density at radius 3 is 2.66 bits per heavy atom. The summed E-state index contributed by atoms with van der Waals surface area (Å²) in [5.41, 5.74) is -2.22. The number of rotatable bonds is 4. The molecule has 1 heterocycles. The number of β-amino-alcohol motifs (C(OH)–C–C–N with tert-alkyl or cyclic N) is 1. The van der Waals surface area contributed by atoms with Gasteiger partial charge in [-0.2, -0.15) is 0 Å². The van der Waals surface area contributed by atoms with Crippen LogP contribution in [0.25, 0.3) is 0 Å². The van der Waals surface area contributed by atoms with Gasteiger partial charge in [-0.3, -0.25) is 0 Å². The molecule has 0 saturated carbocycles. The summed E-state index contributed by atoms with van der Waals surface area (Å²) in [6, 6.07) is 3.98. The number of carbonyl (C=O) groups excluding carboxylic acids is 1. The fraction of sp³-hybridized carbons (Fsp3) is 0.632. The molecule has 1 amide bonds. The molecule has 10 heteroatoms. The van der Waals surface area contributed by atoms with E-state index in [2.05, 4.69) is 0 Å². The molecule has 164 valence electrons. The lowest BCUT2D eigenvalue weighted by atomic mass is 9.88. The number of nitrogens with zero attached hydrogens (tertiary/aromatic N) is 1. The number of carbonyl (C=O) groups is 1. The Balaban J connectivity index is 2.38. The summed E-state index contributed by atoms with van der Waals surface area (Å²) in [7, 11) is -3.41. The molecular weight excluding hydrogens is 425 g/mol. The van der Waals surface area contributed by atoms with Gasteiger partial charge >= 0.3 is 6.09 Å². The van der Waals surface area contributed by atoms with Gasteiger partial charge < -0.3 is 19.5 Å². The molecule has 2 unspecified atom stereocenters. The van der Waals surface area contributed by atoms with Crippen LogP contribution in [0.3, 0.4) is 0 Å². The van der Waals surface area contributed by atoms with Crippen LogP contribution in [0.2, 0.25) is 5.02 Å². The second kappa shape index (κ2) is 8.75. The lowest BCUT2D eigenvalue weighted by Crippen LogP contribution is -2.49. The van der Waals surface area contributed by atoms with Gasteiger partial charge in [0.1, 0.15) is 33.0 Å². The van der Waals surface area contributed by atoms with Crippen molar-refractivity contribution in [3.8, 4) is 0 Å². The maximum Gasteiger partial charge on any atom is 0.410 e. The van der Waals surface area contributed by atoms with Crippen LogP contribution in [-0.4, -0.2) is 67.4 Å². The molecule has 29 heavy (non-hydrogen) atoms. The van der Waals surface area contributed by atoms with Crippen LogP contribution in [-0.2, 0) is 19.3 Å². The third-order valence-corrected chi connectivity index (χ3v) is 5.65. The van der Waals surface area contributed by atoms with Gasteiger partial charge in [0.2, 0.25) is 0 Å². The molecule has 0 aromatic heterocycles. The Morgan fingerprint density at radius 2 is 2.10 bits per heavy atom. The molecule has 0 bridgehead atoms. The average molecular weight is 452 g/mol. The van der Waals surface area contributed by atoms with E-state index in [0.29, 0.717) is 5.56 Å². The average Bonchev–Trinajstić information content (AvgIpc) is 2.73. The van der Waals surface area contributed by atoms with E-state index >= 15 is 0 Å². The van der Waals surface area contributed by atoms with Crippen molar-refractivity contribution in [2.24, 2.45) is 0 Å². The molecule has 7 nitrogen and oxygen atoms in total. The number of sulfone groups is 1. The highest BCUT2D eigenvalue weighted by Gasteiger charge is 2.44. The lowest BCUT2D eigenvalue weighted by molar-refractivity contribution is -0.102.